The second-order valence-electron chi connectivity index (χ2n) is 3.97. The predicted octanol–water partition coefficient (Wildman–Crippen LogP) is 3.97. The van der Waals surface area contributed by atoms with Crippen LogP contribution in [0.15, 0.2) is 12.1 Å². The number of benzene rings is 1. The van der Waals surface area contributed by atoms with Crippen LogP contribution in [0.4, 0.5) is 30.7 Å². The smallest absolute Gasteiger partial charge is 0.419 e. The average molecular weight is 318 g/mol. The van der Waals surface area contributed by atoms with Gasteiger partial charge in [-0.1, -0.05) is 0 Å². The van der Waals surface area contributed by atoms with Gasteiger partial charge in [0.25, 0.3) is 0 Å². The summed E-state index contributed by atoms with van der Waals surface area (Å²) in [6, 6.07) is -0.161. The number of hydrogen-bond donors (Lipinski definition) is 0. The molecule has 0 aliphatic heterocycles. The van der Waals surface area contributed by atoms with Crippen molar-refractivity contribution in [2.24, 2.45) is 0 Å². The maximum absolute atomic E-state index is 13.6. The van der Waals surface area contributed by atoms with Gasteiger partial charge in [-0.2, -0.15) is 26.3 Å². The Morgan fingerprint density at radius 2 is 1.67 bits per heavy atom. The van der Waals surface area contributed by atoms with Gasteiger partial charge in [0.15, 0.2) is 0 Å². The number of ether oxygens (including phenoxy) is 1. The lowest BCUT2D eigenvalue weighted by Crippen LogP contribution is -2.17. The Hall–Kier alpha value is -1.80. The van der Waals surface area contributed by atoms with E-state index >= 15 is 0 Å². The minimum atomic E-state index is -5.31. The van der Waals surface area contributed by atoms with Gasteiger partial charge in [0.2, 0.25) is 0 Å². The van der Waals surface area contributed by atoms with E-state index in [2.05, 4.69) is 4.74 Å². The van der Waals surface area contributed by atoms with E-state index in [0.29, 0.717) is 0 Å². The standard InChI is InChI=1S/C12H9F7O2/c1-2-21-9(20)4-6-3-7(11(14,15)16)5-8(10(6)13)12(17,18)19/h3,5H,2,4H2,1H3. The molecule has 0 amide bonds. The van der Waals surface area contributed by atoms with Gasteiger partial charge >= 0.3 is 18.3 Å². The summed E-state index contributed by atoms with van der Waals surface area (Å²) in [6.45, 7) is 1.26. The predicted molar refractivity (Wildman–Crippen MR) is 56.7 cm³/mol. The molecule has 21 heavy (non-hydrogen) atoms. The molecule has 0 unspecified atom stereocenters. The van der Waals surface area contributed by atoms with Gasteiger partial charge in [-0.3, -0.25) is 4.79 Å². The normalized spacial score (nSPS) is 12.4. The lowest BCUT2D eigenvalue weighted by Gasteiger charge is -2.15. The molecule has 2 nitrogen and oxygen atoms in total. The molecule has 1 aromatic rings. The van der Waals surface area contributed by atoms with Crippen molar-refractivity contribution in [3.05, 3.63) is 34.6 Å². The Morgan fingerprint density at radius 3 is 2.10 bits per heavy atom. The van der Waals surface area contributed by atoms with Gasteiger partial charge in [-0.15, -0.1) is 0 Å². The van der Waals surface area contributed by atoms with Crippen molar-refractivity contribution in [2.75, 3.05) is 6.61 Å². The Balaban J connectivity index is 3.38. The SMILES string of the molecule is CCOC(=O)Cc1cc(C(F)(F)F)cc(C(F)(F)F)c1F. The third kappa shape index (κ3) is 4.33. The van der Waals surface area contributed by atoms with E-state index in [1.165, 1.54) is 6.92 Å². The summed E-state index contributed by atoms with van der Waals surface area (Å²) >= 11 is 0. The van der Waals surface area contributed by atoms with Crippen LogP contribution in [0.1, 0.15) is 23.6 Å². The minimum absolute atomic E-state index is 0.133. The van der Waals surface area contributed by atoms with Gasteiger partial charge < -0.3 is 4.74 Å². The Labute approximate surface area is 114 Å². The summed E-state index contributed by atoms with van der Waals surface area (Å²) < 4.78 is 93.3. The maximum Gasteiger partial charge on any atom is 0.419 e. The first-order chi connectivity index (χ1) is 9.46. The number of esters is 1. The van der Waals surface area contributed by atoms with Gasteiger partial charge in [-0.25, -0.2) is 4.39 Å². The largest absolute Gasteiger partial charge is 0.466 e. The van der Waals surface area contributed by atoms with E-state index < -0.39 is 47.3 Å². The van der Waals surface area contributed by atoms with Crippen LogP contribution in [0.5, 0.6) is 0 Å². The number of carbonyl (C=O) groups is 1. The van der Waals surface area contributed by atoms with Gasteiger partial charge in [0.05, 0.1) is 24.2 Å². The summed E-state index contributed by atoms with van der Waals surface area (Å²) in [7, 11) is 0. The number of carbonyl (C=O) groups excluding carboxylic acids is 1. The Morgan fingerprint density at radius 1 is 1.10 bits per heavy atom. The molecular weight excluding hydrogens is 309 g/mol. The molecule has 118 valence electrons. The molecule has 0 fully saturated rings. The molecule has 0 N–H and O–H groups in total. The van der Waals surface area contributed by atoms with E-state index in [1.807, 2.05) is 0 Å². The number of alkyl halides is 6. The first-order valence-electron chi connectivity index (χ1n) is 5.59. The second-order valence-corrected chi connectivity index (χ2v) is 3.97. The molecule has 1 rings (SSSR count). The quantitative estimate of drug-likeness (QED) is 0.623. The molecule has 0 saturated carbocycles. The highest BCUT2D eigenvalue weighted by Crippen LogP contribution is 2.38. The molecule has 1 aromatic carbocycles. The Bertz CT molecular complexity index is 532. The molecule has 0 heterocycles. The zero-order valence-corrected chi connectivity index (χ0v) is 10.5. The highest BCUT2D eigenvalue weighted by Gasteiger charge is 2.40. The molecule has 0 aliphatic rings. The van der Waals surface area contributed by atoms with Gasteiger partial charge in [0.1, 0.15) is 5.82 Å². The van der Waals surface area contributed by atoms with Crippen LogP contribution in [0.25, 0.3) is 0 Å². The molecule has 0 saturated heterocycles. The fourth-order valence-corrected chi connectivity index (χ4v) is 1.55. The average Bonchev–Trinajstić information content (AvgIpc) is 2.28. The third-order valence-corrected chi connectivity index (χ3v) is 2.42. The fourth-order valence-electron chi connectivity index (χ4n) is 1.55. The molecule has 0 bridgehead atoms. The van der Waals surface area contributed by atoms with E-state index in [-0.39, 0.29) is 18.7 Å². The molecule has 0 spiro atoms. The maximum atomic E-state index is 13.6. The number of halogens is 7. The van der Waals surface area contributed by atoms with Crippen molar-refractivity contribution in [3.63, 3.8) is 0 Å². The van der Waals surface area contributed by atoms with Crippen molar-refractivity contribution >= 4 is 5.97 Å². The zero-order valence-electron chi connectivity index (χ0n) is 10.5. The molecule has 0 radical (unpaired) electrons. The molecule has 0 aromatic heterocycles. The molecule has 0 atom stereocenters. The van der Waals surface area contributed by atoms with Crippen molar-refractivity contribution in [2.45, 2.75) is 25.7 Å². The highest BCUT2D eigenvalue weighted by atomic mass is 19.4. The lowest BCUT2D eigenvalue weighted by atomic mass is 10.0. The summed E-state index contributed by atoms with van der Waals surface area (Å²) in [5.74, 6) is -3.03. The minimum Gasteiger partial charge on any atom is -0.466 e. The van der Waals surface area contributed by atoms with Crippen LogP contribution in [-0.4, -0.2) is 12.6 Å². The van der Waals surface area contributed by atoms with Gasteiger partial charge in [-0.05, 0) is 19.1 Å². The third-order valence-electron chi connectivity index (χ3n) is 2.42. The summed E-state index contributed by atoms with van der Waals surface area (Å²) in [6.07, 6.45) is -11.4. The van der Waals surface area contributed by atoms with Crippen LogP contribution >= 0.6 is 0 Å². The first-order valence-corrected chi connectivity index (χ1v) is 5.59. The van der Waals surface area contributed by atoms with Crippen molar-refractivity contribution in [1.29, 1.82) is 0 Å². The second kappa shape index (κ2) is 5.90. The number of hydrogen-bond acceptors (Lipinski definition) is 2. The van der Waals surface area contributed by atoms with Crippen LogP contribution in [0, 0.1) is 5.82 Å². The van der Waals surface area contributed by atoms with Gasteiger partial charge in [0, 0.05) is 5.56 Å². The topological polar surface area (TPSA) is 26.3 Å². The zero-order chi connectivity index (χ0) is 16.4. The highest BCUT2D eigenvalue weighted by molar-refractivity contribution is 5.72. The van der Waals surface area contributed by atoms with Crippen LogP contribution < -0.4 is 0 Å². The van der Waals surface area contributed by atoms with E-state index in [9.17, 15) is 35.5 Å². The van der Waals surface area contributed by atoms with Crippen LogP contribution in [0.3, 0.4) is 0 Å². The summed E-state index contributed by atoms with van der Waals surface area (Å²) in [5.41, 5.74) is -4.78. The van der Waals surface area contributed by atoms with E-state index in [1.54, 1.807) is 0 Å². The molecule has 0 aliphatic carbocycles. The summed E-state index contributed by atoms with van der Waals surface area (Å²) in [4.78, 5) is 11.1. The molecular formula is C12H9F7O2. The first kappa shape index (κ1) is 17.3. The number of rotatable bonds is 3. The van der Waals surface area contributed by atoms with Crippen molar-refractivity contribution in [1.82, 2.24) is 0 Å². The monoisotopic (exact) mass is 318 g/mol. The fraction of sp³-hybridized carbons (Fsp3) is 0.417. The summed E-state index contributed by atoms with van der Waals surface area (Å²) in [5, 5.41) is 0. The van der Waals surface area contributed by atoms with Crippen LogP contribution in [-0.2, 0) is 28.3 Å². The Kier molecular flexibility index (Phi) is 4.85. The van der Waals surface area contributed by atoms with E-state index in [4.69, 9.17) is 0 Å². The van der Waals surface area contributed by atoms with Crippen LogP contribution in [0.2, 0.25) is 0 Å². The van der Waals surface area contributed by atoms with E-state index in [0.717, 1.165) is 0 Å². The lowest BCUT2D eigenvalue weighted by molar-refractivity contribution is -0.146. The van der Waals surface area contributed by atoms with Crippen molar-refractivity contribution in [3.8, 4) is 0 Å². The molecule has 9 heteroatoms. The van der Waals surface area contributed by atoms with Crippen molar-refractivity contribution < 1.29 is 40.3 Å².